The molecule has 0 saturated carbocycles. The molecular formula is C7H17N3O. The summed E-state index contributed by atoms with van der Waals surface area (Å²) in [7, 11) is 0. The summed E-state index contributed by atoms with van der Waals surface area (Å²) in [5.74, 6) is 0.321. The first kappa shape index (κ1) is 10.2. The predicted octanol–water partition coefficient (Wildman–Crippen LogP) is 0.513. The molecule has 66 valence electrons. The van der Waals surface area contributed by atoms with E-state index in [2.05, 4.69) is 17.4 Å². The number of rotatable bonds is 6. The fourth-order valence-corrected chi connectivity index (χ4v) is 0.783. The van der Waals surface area contributed by atoms with Gasteiger partial charge in [-0.1, -0.05) is 12.1 Å². The molecule has 0 amide bonds. The van der Waals surface area contributed by atoms with Crippen LogP contribution in [0.3, 0.4) is 0 Å². The Kier molecular flexibility index (Phi) is 6.82. The molecule has 4 N–H and O–H groups in total. The minimum Gasteiger partial charge on any atom is -0.409 e. The summed E-state index contributed by atoms with van der Waals surface area (Å²) in [6.45, 7) is 4.09. The van der Waals surface area contributed by atoms with Crippen LogP contribution in [0.2, 0.25) is 0 Å². The third-order valence-electron chi connectivity index (χ3n) is 1.41. The van der Waals surface area contributed by atoms with Crippen molar-refractivity contribution in [3.05, 3.63) is 0 Å². The minimum atomic E-state index is 0.321. The zero-order valence-corrected chi connectivity index (χ0v) is 7.01. The quantitative estimate of drug-likeness (QED) is 0.174. The molecule has 0 spiro atoms. The van der Waals surface area contributed by atoms with Gasteiger partial charge in [-0.25, -0.2) is 0 Å². The lowest BCUT2D eigenvalue weighted by Gasteiger charge is -2.00. The van der Waals surface area contributed by atoms with Crippen LogP contribution >= 0.6 is 0 Å². The van der Waals surface area contributed by atoms with Crippen LogP contribution in [0.1, 0.15) is 26.2 Å². The molecule has 0 rings (SSSR count). The normalized spacial score (nSPS) is 11.9. The van der Waals surface area contributed by atoms with Crippen LogP contribution < -0.4 is 11.1 Å². The summed E-state index contributed by atoms with van der Waals surface area (Å²) in [5.41, 5.74) is 5.27. The Morgan fingerprint density at radius 1 is 1.55 bits per heavy atom. The molecule has 0 saturated heterocycles. The fourth-order valence-electron chi connectivity index (χ4n) is 0.783. The number of nitrogens with one attached hydrogen (secondary N) is 1. The molecule has 0 aliphatic rings. The number of nitrogens with zero attached hydrogens (tertiary/aromatic N) is 1. The summed E-state index contributed by atoms with van der Waals surface area (Å²) < 4.78 is 0. The molecule has 0 unspecified atom stereocenters. The number of oxime groups is 1. The van der Waals surface area contributed by atoms with Crippen LogP contribution in [0.4, 0.5) is 0 Å². The van der Waals surface area contributed by atoms with E-state index in [1.165, 1.54) is 0 Å². The van der Waals surface area contributed by atoms with Gasteiger partial charge in [-0.3, -0.25) is 0 Å². The van der Waals surface area contributed by atoms with Gasteiger partial charge in [0.1, 0.15) is 5.84 Å². The molecule has 4 nitrogen and oxygen atoms in total. The van der Waals surface area contributed by atoms with E-state index in [4.69, 9.17) is 10.9 Å². The lowest BCUT2D eigenvalue weighted by molar-refractivity contribution is 0.316. The Labute approximate surface area is 67.5 Å². The summed E-state index contributed by atoms with van der Waals surface area (Å²) in [5, 5.41) is 14.3. The van der Waals surface area contributed by atoms with Crippen molar-refractivity contribution in [1.29, 1.82) is 0 Å². The van der Waals surface area contributed by atoms with Crippen LogP contribution in [-0.2, 0) is 0 Å². The molecule has 0 fully saturated rings. The maximum absolute atomic E-state index is 8.18. The molecule has 0 radical (unpaired) electrons. The molecule has 11 heavy (non-hydrogen) atoms. The van der Waals surface area contributed by atoms with E-state index in [1.807, 2.05) is 0 Å². The standard InChI is InChI=1S/C7H17N3O/c1-2-9-6-4-3-5-7(8)10-11/h9,11H,2-6H2,1H3,(H2,8,10). The molecule has 0 heterocycles. The zero-order chi connectivity index (χ0) is 8.53. The van der Waals surface area contributed by atoms with Crippen molar-refractivity contribution in [1.82, 2.24) is 5.32 Å². The Morgan fingerprint density at radius 3 is 2.82 bits per heavy atom. The van der Waals surface area contributed by atoms with Gasteiger partial charge in [0.05, 0.1) is 0 Å². The highest BCUT2D eigenvalue weighted by Gasteiger charge is 1.92. The molecule has 0 atom stereocenters. The average Bonchev–Trinajstić information content (AvgIpc) is 2.04. The van der Waals surface area contributed by atoms with Crippen molar-refractivity contribution >= 4 is 5.84 Å². The highest BCUT2D eigenvalue weighted by Crippen LogP contribution is 1.92. The second kappa shape index (κ2) is 7.34. The second-order valence-electron chi connectivity index (χ2n) is 2.40. The van der Waals surface area contributed by atoms with Gasteiger partial charge in [-0.2, -0.15) is 0 Å². The summed E-state index contributed by atoms with van der Waals surface area (Å²) in [6.07, 6.45) is 2.73. The Bertz CT molecular complexity index is 114. The molecular weight excluding hydrogens is 142 g/mol. The molecule has 0 aromatic rings. The van der Waals surface area contributed by atoms with Gasteiger partial charge in [0.25, 0.3) is 0 Å². The van der Waals surface area contributed by atoms with Crippen LogP contribution in [0, 0.1) is 0 Å². The second-order valence-corrected chi connectivity index (χ2v) is 2.40. The fraction of sp³-hybridized carbons (Fsp3) is 0.857. The van der Waals surface area contributed by atoms with Crippen LogP contribution in [0.25, 0.3) is 0 Å². The van der Waals surface area contributed by atoms with Gasteiger partial charge in [0, 0.05) is 6.42 Å². The predicted molar refractivity (Wildman–Crippen MR) is 45.8 cm³/mol. The maximum atomic E-state index is 8.18. The van der Waals surface area contributed by atoms with Gasteiger partial charge in [0.2, 0.25) is 0 Å². The number of hydrogen-bond acceptors (Lipinski definition) is 3. The molecule has 0 aliphatic carbocycles. The monoisotopic (exact) mass is 159 g/mol. The van der Waals surface area contributed by atoms with Gasteiger partial charge in [0.15, 0.2) is 0 Å². The molecule has 0 aliphatic heterocycles. The molecule has 4 heteroatoms. The zero-order valence-electron chi connectivity index (χ0n) is 7.01. The Balaban J connectivity index is 3.02. The molecule has 0 aromatic heterocycles. The van der Waals surface area contributed by atoms with Crippen molar-refractivity contribution in [3.8, 4) is 0 Å². The van der Waals surface area contributed by atoms with Gasteiger partial charge < -0.3 is 16.3 Å². The van der Waals surface area contributed by atoms with Crippen LogP contribution in [0.15, 0.2) is 5.16 Å². The summed E-state index contributed by atoms with van der Waals surface area (Å²) >= 11 is 0. The first-order chi connectivity index (χ1) is 5.31. The highest BCUT2D eigenvalue weighted by atomic mass is 16.4. The molecule has 0 bridgehead atoms. The number of amidine groups is 1. The van der Waals surface area contributed by atoms with Crippen molar-refractivity contribution in [2.24, 2.45) is 10.9 Å². The van der Waals surface area contributed by atoms with Gasteiger partial charge in [-0.15, -0.1) is 0 Å². The van der Waals surface area contributed by atoms with E-state index in [0.29, 0.717) is 12.3 Å². The van der Waals surface area contributed by atoms with Crippen LogP contribution in [0.5, 0.6) is 0 Å². The highest BCUT2D eigenvalue weighted by molar-refractivity contribution is 5.79. The molecule has 0 aromatic carbocycles. The summed E-state index contributed by atoms with van der Waals surface area (Å²) in [4.78, 5) is 0. The largest absolute Gasteiger partial charge is 0.409 e. The van der Waals surface area contributed by atoms with Gasteiger partial charge >= 0.3 is 0 Å². The maximum Gasteiger partial charge on any atom is 0.139 e. The Morgan fingerprint density at radius 2 is 2.27 bits per heavy atom. The van der Waals surface area contributed by atoms with Crippen molar-refractivity contribution in [2.75, 3.05) is 13.1 Å². The lowest BCUT2D eigenvalue weighted by Crippen LogP contribution is -2.15. The topological polar surface area (TPSA) is 70.6 Å². The van der Waals surface area contributed by atoms with Crippen LogP contribution in [-0.4, -0.2) is 24.1 Å². The lowest BCUT2D eigenvalue weighted by atomic mass is 10.2. The first-order valence-electron chi connectivity index (χ1n) is 3.98. The summed E-state index contributed by atoms with van der Waals surface area (Å²) in [6, 6.07) is 0. The van der Waals surface area contributed by atoms with Crippen molar-refractivity contribution < 1.29 is 5.21 Å². The van der Waals surface area contributed by atoms with E-state index >= 15 is 0 Å². The average molecular weight is 159 g/mol. The third kappa shape index (κ3) is 7.12. The third-order valence-corrected chi connectivity index (χ3v) is 1.41. The smallest absolute Gasteiger partial charge is 0.139 e. The number of nitrogens with two attached hydrogens (primary N) is 1. The van der Waals surface area contributed by atoms with E-state index in [1.54, 1.807) is 0 Å². The number of unbranched alkanes of at least 4 members (excludes halogenated alkanes) is 1. The van der Waals surface area contributed by atoms with E-state index in [-0.39, 0.29) is 0 Å². The van der Waals surface area contributed by atoms with E-state index in [0.717, 1.165) is 25.9 Å². The van der Waals surface area contributed by atoms with Gasteiger partial charge in [-0.05, 0) is 25.9 Å². The first-order valence-corrected chi connectivity index (χ1v) is 3.98. The van der Waals surface area contributed by atoms with E-state index < -0.39 is 0 Å². The number of hydrogen-bond donors (Lipinski definition) is 3. The van der Waals surface area contributed by atoms with Crippen molar-refractivity contribution in [2.45, 2.75) is 26.2 Å². The van der Waals surface area contributed by atoms with E-state index in [9.17, 15) is 0 Å². The van der Waals surface area contributed by atoms with Crippen molar-refractivity contribution in [3.63, 3.8) is 0 Å². The minimum absolute atomic E-state index is 0.321. The Hall–Kier alpha value is -0.770. The SMILES string of the molecule is CCNCCCCC(N)=NO.